The van der Waals surface area contributed by atoms with E-state index in [9.17, 15) is 14.7 Å². The average molecular weight is 387 g/mol. The third kappa shape index (κ3) is 3.69. The lowest BCUT2D eigenvalue weighted by Crippen LogP contribution is -2.31. The van der Waals surface area contributed by atoms with Gasteiger partial charge in [0.15, 0.2) is 0 Å². The molecule has 1 amide bonds. The standard InChI is InChI=1S/C23H21N3O3/c27-21(18-10-5-2-6-11-18)19-20(17-8-3-1-4-9-17)26(23(29)22(19)28)14-7-13-25-15-12-24-16-25/h1-6,8-12,15-16,20,27H,7,13-14H2. The number of benzene rings is 2. The molecule has 2 aromatic carbocycles. The second-order valence-corrected chi connectivity index (χ2v) is 6.92. The third-order valence-electron chi connectivity index (χ3n) is 5.08. The number of aryl methyl sites for hydroxylation is 1. The Bertz CT molecular complexity index is 1030. The van der Waals surface area contributed by atoms with Crippen molar-refractivity contribution in [3.05, 3.63) is 96.1 Å². The Hall–Kier alpha value is -3.67. The molecule has 0 bridgehead atoms. The molecule has 4 rings (SSSR count). The average Bonchev–Trinajstić information content (AvgIpc) is 3.37. The van der Waals surface area contributed by atoms with Crippen molar-refractivity contribution in [2.75, 3.05) is 6.54 Å². The summed E-state index contributed by atoms with van der Waals surface area (Å²) in [6.45, 7) is 1.08. The first-order valence-electron chi connectivity index (χ1n) is 9.51. The Kier molecular flexibility index (Phi) is 5.24. The fourth-order valence-electron chi connectivity index (χ4n) is 3.69. The van der Waals surface area contributed by atoms with Gasteiger partial charge in [-0.1, -0.05) is 60.7 Å². The van der Waals surface area contributed by atoms with E-state index in [4.69, 9.17) is 0 Å². The van der Waals surface area contributed by atoms with Gasteiger partial charge in [0.25, 0.3) is 11.7 Å². The number of aliphatic hydroxyl groups excluding tert-OH is 1. The van der Waals surface area contributed by atoms with Gasteiger partial charge in [-0.05, 0) is 12.0 Å². The van der Waals surface area contributed by atoms with Crippen molar-refractivity contribution in [3.63, 3.8) is 0 Å². The zero-order valence-corrected chi connectivity index (χ0v) is 15.8. The lowest BCUT2D eigenvalue weighted by molar-refractivity contribution is -0.139. The van der Waals surface area contributed by atoms with E-state index < -0.39 is 17.7 Å². The summed E-state index contributed by atoms with van der Waals surface area (Å²) in [6, 6.07) is 17.6. The Morgan fingerprint density at radius 1 is 0.966 bits per heavy atom. The number of aromatic nitrogens is 2. The molecule has 29 heavy (non-hydrogen) atoms. The molecular weight excluding hydrogens is 366 g/mol. The lowest BCUT2D eigenvalue weighted by atomic mass is 9.95. The summed E-state index contributed by atoms with van der Waals surface area (Å²) in [4.78, 5) is 31.3. The summed E-state index contributed by atoms with van der Waals surface area (Å²) < 4.78 is 1.93. The third-order valence-corrected chi connectivity index (χ3v) is 5.08. The van der Waals surface area contributed by atoms with Crippen molar-refractivity contribution in [2.24, 2.45) is 0 Å². The van der Waals surface area contributed by atoms with Crippen LogP contribution in [0.3, 0.4) is 0 Å². The molecule has 6 heteroatoms. The molecule has 0 radical (unpaired) electrons. The van der Waals surface area contributed by atoms with Gasteiger partial charge in [0.1, 0.15) is 5.76 Å². The predicted octanol–water partition coefficient (Wildman–Crippen LogP) is 3.40. The first-order valence-corrected chi connectivity index (χ1v) is 9.51. The summed E-state index contributed by atoms with van der Waals surface area (Å²) in [5.41, 5.74) is 1.45. The number of rotatable bonds is 6. The van der Waals surface area contributed by atoms with Crippen LogP contribution in [0.2, 0.25) is 0 Å². The highest BCUT2D eigenvalue weighted by atomic mass is 16.3. The van der Waals surface area contributed by atoms with E-state index in [1.807, 2.05) is 47.2 Å². The fourth-order valence-corrected chi connectivity index (χ4v) is 3.69. The van der Waals surface area contributed by atoms with Crippen molar-refractivity contribution >= 4 is 17.4 Å². The summed E-state index contributed by atoms with van der Waals surface area (Å²) in [5, 5.41) is 10.9. The molecule has 3 aromatic rings. The maximum Gasteiger partial charge on any atom is 0.295 e. The van der Waals surface area contributed by atoms with E-state index in [1.54, 1.807) is 41.7 Å². The van der Waals surface area contributed by atoms with Gasteiger partial charge in [-0.15, -0.1) is 0 Å². The van der Waals surface area contributed by atoms with Crippen LogP contribution in [-0.2, 0) is 16.1 Å². The number of likely N-dealkylation sites (tertiary alicyclic amines) is 1. The molecule has 1 aliphatic heterocycles. The summed E-state index contributed by atoms with van der Waals surface area (Å²) in [7, 11) is 0. The highest BCUT2D eigenvalue weighted by Crippen LogP contribution is 2.39. The molecule has 1 N–H and O–H groups in total. The largest absolute Gasteiger partial charge is 0.507 e. The molecule has 6 nitrogen and oxygen atoms in total. The van der Waals surface area contributed by atoms with Gasteiger partial charge >= 0.3 is 0 Å². The molecule has 1 atom stereocenters. The molecule has 0 saturated carbocycles. The summed E-state index contributed by atoms with van der Waals surface area (Å²) in [5.74, 6) is -1.38. The summed E-state index contributed by atoms with van der Waals surface area (Å²) in [6.07, 6.45) is 5.95. The van der Waals surface area contributed by atoms with E-state index in [0.717, 1.165) is 5.56 Å². The van der Waals surface area contributed by atoms with E-state index in [1.165, 1.54) is 0 Å². The number of imidazole rings is 1. The number of nitrogens with zero attached hydrogens (tertiary/aromatic N) is 3. The van der Waals surface area contributed by atoms with Gasteiger partial charge in [0.2, 0.25) is 0 Å². The van der Waals surface area contributed by atoms with Crippen LogP contribution in [-0.4, -0.2) is 37.8 Å². The molecule has 146 valence electrons. The van der Waals surface area contributed by atoms with Crippen LogP contribution < -0.4 is 0 Å². The zero-order valence-electron chi connectivity index (χ0n) is 15.8. The molecule has 1 aromatic heterocycles. The first kappa shape index (κ1) is 18.7. The van der Waals surface area contributed by atoms with Crippen LogP contribution in [0.15, 0.2) is 85.0 Å². The van der Waals surface area contributed by atoms with Gasteiger partial charge in [0.05, 0.1) is 17.9 Å². The predicted molar refractivity (Wildman–Crippen MR) is 109 cm³/mol. The number of hydrogen-bond acceptors (Lipinski definition) is 4. The van der Waals surface area contributed by atoms with Crippen LogP contribution in [0.4, 0.5) is 0 Å². The molecule has 1 saturated heterocycles. The van der Waals surface area contributed by atoms with Crippen molar-refractivity contribution in [1.29, 1.82) is 0 Å². The number of carbonyl (C=O) groups is 2. The molecule has 0 spiro atoms. The Balaban J connectivity index is 1.70. The Morgan fingerprint density at radius 3 is 2.31 bits per heavy atom. The highest BCUT2D eigenvalue weighted by molar-refractivity contribution is 6.46. The summed E-state index contributed by atoms with van der Waals surface area (Å²) >= 11 is 0. The Labute approximate surface area is 168 Å². The molecule has 1 aliphatic rings. The van der Waals surface area contributed by atoms with Gasteiger partial charge in [-0.2, -0.15) is 0 Å². The maximum absolute atomic E-state index is 12.9. The minimum Gasteiger partial charge on any atom is -0.507 e. The topological polar surface area (TPSA) is 75.4 Å². The molecule has 1 fully saturated rings. The van der Waals surface area contributed by atoms with Crippen LogP contribution >= 0.6 is 0 Å². The van der Waals surface area contributed by atoms with Crippen LogP contribution in [0.5, 0.6) is 0 Å². The Morgan fingerprint density at radius 2 is 1.66 bits per heavy atom. The fraction of sp³-hybridized carbons (Fsp3) is 0.174. The normalized spacial score (nSPS) is 18.3. The minimum atomic E-state index is -0.650. The number of aliphatic hydroxyl groups is 1. The highest BCUT2D eigenvalue weighted by Gasteiger charge is 2.45. The molecule has 1 unspecified atom stereocenters. The minimum absolute atomic E-state index is 0.134. The smallest absolute Gasteiger partial charge is 0.295 e. The van der Waals surface area contributed by atoms with Gasteiger partial charge < -0.3 is 14.6 Å². The number of amides is 1. The number of ketones is 1. The van der Waals surface area contributed by atoms with E-state index in [-0.39, 0.29) is 11.3 Å². The lowest BCUT2D eigenvalue weighted by Gasteiger charge is -2.25. The zero-order chi connectivity index (χ0) is 20.2. The van der Waals surface area contributed by atoms with Crippen molar-refractivity contribution in [2.45, 2.75) is 19.0 Å². The maximum atomic E-state index is 12.9. The monoisotopic (exact) mass is 387 g/mol. The van der Waals surface area contributed by atoms with Gasteiger partial charge in [-0.3, -0.25) is 9.59 Å². The van der Waals surface area contributed by atoms with Crippen molar-refractivity contribution < 1.29 is 14.7 Å². The quantitative estimate of drug-likeness (QED) is 0.400. The molecule has 0 aliphatic carbocycles. The number of carbonyl (C=O) groups excluding carboxylic acids is 2. The second kappa shape index (κ2) is 8.14. The van der Waals surface area contributed by atoms with Crippen molar-refractivity contribution in [3.8, 4) is 0 Å². The van der Waals surface area contributed by atoms with Gasteiger partial charge in [0, 0.05) is 31.0 Å². The van der Waals surface area contributed by atoms with Crippen LogP contribution in [0, 0.1) is 0 Å². The van der Waals surface area contributed by atoms with E-state index >= 15 is 0 Å². The molecule has 2 heterocycles. The van der Waals surface area contributed by atoms with Crippen molar-refractivity contribution in [1.82, 2.24) is 14.5 Å². The molecular formula is C23H21N3O3. The van der Waals surface area contributed by atoms with Crippen LogP contribution in [0.1, 0.15) is 23.6 Å². The van der Waals surface area contributed by atoms with E-state index in [2.05, 4.69) is 4.98 Å². The van der Waals surface area contributed by atoms with Crippen LogP contribution in [0.25, 0.3) is 5.76 Å². The second-order valence-electron chi connectivity index (χ2n) is 6.92. The van der Waals surface area contributed by atoms with E-state index in [0.29, 0.717) is 25.1 Å². The number of hydrogen-bond donors (Lipinski definition) is 1. The van der Waals surface area contributed by atoms with Gasteiger partial charge in [-0.25, -0.2) is 4.98 Å². The SMILES string of the molecule is O=C1C(=O)N(CCCn2ccnc2)C(c2ccccc2)C1=C(O)c1ccccc1. The first-order chi connectivity index (χ1) is 14.2. The number of Topliss-reactive ketones (excluding diaryl/α,β-unsaturated/α-hetero) is 1.